The van der Waals surface area contributed by atoms with Gasteiger partial charge in [0, 0.05) is 24.1 Å². The minimum absolute atomic E-state index is 0.0891. The predicted octanol–water partition coefficient (Wildman–Crippen LogP) is 4.68. The van der Waals surface area contributed by atoms with Gasteiger partial charge < -0.3 is 15.5 Å². The molecule has 1 aliphatic rings. The molecule has 1 atom stereocenters. The number of halogens is 3. The number of likely N-dealkylation sites (tertiary alicyclic amines) is 1. The fourth-order valence-electron chi connectivity index (χ4n) is 3.38. The number of hydrogen-bond acceptors (Lipinski definition) is 2. The van der Waals surface area contributed by atoms with Gasteiger partial charge in [-0.25, -0.2) is 13.6 Å². The van der Waals surface area contributed by atoms with Gasteiger partial charge in [0.1, 0.15) is 11.6 Å². The number of anilines is 1. The number of hydrogen-bond donors (Lipinski definition) is 2. The average Bonchev–Trinajstić information content (AvgIpc) is 2.69. The van der Waals surface area contributed by atoms with Gasteiger partial charge in [-0.2, -0.15) is 0 Å². The number of amides is 3. The first-order valence-corrected chi connectivity index (χ1v) is 10.1. The Kier molecular flexibility index (Phi) is 6.52. The first-order chi connectivity index (χ1) is 13.8. The lowest BCUT2D eigenvalue weighted by molar-refractivity contribution is -0.132. The highest BCUT2D eigenvalue weighted by molar-refractivity contribution is 9.10. The van der Waals surface area contributed by atoms with E-state index in [1.165, 1.54) is 29.2 Å². The number of piperidine rings is 1. The molecule has 2 N–H and O–H groups in total. The van der Waals surface area contributed by atoms with Crippen molar-refractivity contribution in [1.29, 1.82) is 0 Å². The van der Waals surface area contributed by atoms with Crippen LogP contribution in [0.5, 0.6) is 0 Å². The third-order valence-corrected chi connectivity index (χ3v) is 5.56. The van der Waals surface area contributed by atoms with Crippen molar-refractivity contribution in [3.05, 3.63) is 64.1 Å². The Morgan fingerprint density at radius 3 is 2.59 bits per heavy atom. The van der Waals surface area contributed by atoms with Crippen LogP contribution in [-0.2, 0) is 11.3 Å². The van der Waals surface area contributed by atoms with Gasteiger partial charge in [0.2, 0.25) is 5.91 Å². The van der Waals surface area contributed by atoms with Crippen molar-refractivity contribution in [3.8, 4) is 0 Å². The van der Waals surface area contributed by atoms with Crippen LogP contribution in [0.3, 0.4) is 0 Å². The largest absolute Gasteiger partial charge is 0.351 e. The Labute approximate surface area is 176 Å². The van der Waals surface area contributed by atoms with E-state index in [0.717, 1.165) is 5.56 Å². The molecule has 0 radical (unpaired) electrons. The molecular formula is C21H22BrF2N3O2. The summed E-state index contributed by atoms with van der Waals surface area (Å²) in [4.78, 5) is 26.9. The first-order valence-electron chi connectivity index (χ1n) is 9.30. The summed E-state index contributed by atoms with van der Waals surface area (Å²) in [6, 6.07) is 9.88. The second-order valence-electron chi connectivity index (χ2n) is 7.45. The fourth-order valence-corrected chi connectivity index (χ4v) is 3.71. The normalized spacial score (nSPS) is 19.0. The molecule has 1 aliphatic heterocycles. The molecule has 1 heterocycles. The molecule has 0 spiro atoms. The highest BCUT2D eigenvalue weighted by Crippen LogP contribution is 2.30. The Morgan fingerprint density at radius 1 is 1.17 bits per heavy atom. The molecule has 0 bridgehead atoms. The summed E-state index contributed by atoms with van der Waals surface area (Å²) in [6.45, 7) is 2.81. The van der Waals surface area contributed by atoms with Gasteiger partial charge in [-0.05, 0) is 55.7 Å². The standard InChI is InChI=1S/C21H22BrF2N3O2/c1-21(19(28)25-12-14-3-6-16(23)7-4-14)9-2-10-27(13-21)20(29)26-18-8-5-15(22)11-17(18)24/h3-8,11H,2,9-10,12-13H2,1H3,(H,25,28)(H,26,29)/t21-/m0/s1. The first kappa shape index (κ1) is 21.2. The van der Waals surface area contributed by atoms with Crippen LogP contribution in [-0.4, -0.2) is 29.9 Å². The Balaban J connectivity index is 1.60. The second-order valence-corrected chi connectivity index (χ2v) is 8.36. The molecule has 29 heavy (non-hydrogen) atoms. The van der Waals surface area contributed by atoms with Crippen LogP contribution in [0.4, 0.5) is 19.3 Å². The van der Waals surface area contributed by atoms with E-state index in [1.807, 2.05) is 6.92 Å². The number of urea groups is 1. The number of nitrogens with zero attached hydrogens (tertiary/aromatic N) is 1. The molecule has 2 aromatic rings. The zero-order valence-corrected chi connectivity index (χ0v) is 17.6. The molecule has 3 amide bonds. The number of benzene rings is 2. The number of carbonyl (C=O) groups is 2. The summed E-state index contributed by atoms with van der Waals surface area (Å²) in [5.41, 5.74) is 0.124. The zero-order valence-electron chi connectivity index (χ0n) is 16.0. The van der Waals surface area contributed by atoms with E-state index in [-0.39, 0.29) is 30.5 Å². The Hall–Kier alpha value is -2.48. The quantitative estimate of drug-likeness (QED) is 0.688. The third-order valence-electron chi connectivity index (χ3n) is 5.07. The number of rotatable bonds is 4. The highest BCUT2D eigenvalue weighted by Gasteiger charge is 2.39. The van der Waals surface area contributed by atoms with E-state index in [0.29, 0.717) is 23.9 Å². The highest BCUT2D eigenvalue weighted by atomic mass is 79.9. The molecule has 0 unspecified atom stereocenters. The van der Waals surface area contributed by atoms with Gasteiger partial charge in [0.15, 0.2) is 0 Å². The number of carbonyl (C=O) groups excluding carboxylic acids is 2. The van der Waals surface area contributed by atoms with Crippen molar-refractivity contribution < 1.29 is 18.4 Å². The molecule has 0 aromatic heterocycles. The van der Waals surface area contributed by atoms with Crippen LogP contribution in [0, 0.1) is 17.0 Å². The van der Waals surface area contributed by atoms with Crippen molar-refractivity contribution >= 4 is 33.6 Å². The molecule has 0 aliphatic carbocycles. The summed E-state index contributed by atoms with van der Waals surface area (Å²) in [5, 5.41) is 5.44. The lowest BCUT2D eigenvalue weighted by Crippen LogP contribution is -2.52. The predicted molar refractivity (Wildman–Crippen MR) is 110 cm³/mol. The van der Waals surface area contributed by atoms with E-state index >= 15 is 0 Å². The lowest BCUT2D eigenvalue weighted by atomic mass is 9.81. The van der Waals surface area contributed by atoms with Crippen LogP contribution >= 0.6 is 15.9 Å². The fraction of sp³-hybridized carbons (Fsp3) is 0.333. The van der Waals surface area contributed by atoms with E-state index in [4.69, 9.17) is 0 Å². The lowest BCUT2D eigenvalue weighted by Gasteiger charge is -2.39. The van der Waals surface area contributed by atoms with Gasteiger partial charge in [-0.3, -0.25) is 4.79 Å². The summed E-state index contributed by atoms with van der Waals surface area (Å²) >= 11 is 3.18. The van der Waals surface area contributed by atoms with Gasteiger partial charge in [0.05, 0.1) is 11.1 Å². The maximum absolute atomic E-state index is 14.0. The Morgan fingerprint density at radius 2 is 1.90 bits per heavy atom. The molecule has 1 fully saturated rings. The van der Waals surface area contributed by atoms with E-state index in [1.54, 1.807) is 18.2 Å². The second kappa shape index (κ2) is 8.90. The van der Waals surface area contributed by atoms with Crippen LogP contribution in [0.1, 0.15) is 25.3 Å². The maximum Gasteiger partial charge on any atom is 0.321 e. The SMILES string of the molecule is C[C@]1(C(=O)NCc2ccc(F)cc2)CCCN(C(=O)Nc2ccc(Br)cc2F)C1. The zero-order chi connectivity index (χ0) is 21.0. The van der Waals surface area contributed by atoms with Crippen LogP contribution < -0.4 is 10.6 Å². The smallest absolute Gasteiger partial charge is 0.321 e. The van der Waals surface area contributed by atoms with Gasteiger partial charge in [-0.15, -0.1) is 0 Å². The van der Waals surface area contributed by atoms with Gasteiger partial charge >= 0.3 is 6.03 Å². The van der Waals surface area contributed by atoms with Crippen molar-refractivity contribution in [2.24, 2.45) is 5.41 Å². The monoisotopic (exact) mass is 465 g/mol. The number of nitrogens with one attached hydrogen (secondary N) is 2. The van der Waals surface area contributed by atoms with Crippen molar-refractivity contribution in [2.45, 2.75) is 26.3 Å². The van der Waals surface area contributed by atoms with Crippen LogP contribution in [0.25, 0.3) is 0 Å². The molecule has 2 aromatic carbocycles. The molecule has 5 nitrogen and oxygen atoms in total. The summed E-state index contributed by atoms with van der Waals surface area (Å²) in [5.74, 6) is -1.04. The minimum Gasteiger partial charge on any atom is -0.351 e. The van der Waals surface area contributed by atoms with Crippen LogP contribution in [0.2, 0.25) is 0 Å². The molecule has 8 heteroatoms. The van der Waals surface area contributed by atoms with E-state index < -0.39 is 17.3 Å². The van der Waals surface area contributed by atoms with Crippen molar-refractivity contribution in [1.82, 2.24) is 10.2 Å². The summed E-state index contributed by atoms with van der Waals surface area (Å²) in [7, 11) is 0. The average molecular weight is 466 g/mol. The topological polar surface area (TPSA) is 61.4 Å². The molecule has 0 saturated carbocycles. The molecular weight excluding hydrogens is 444 g/mol. The van der Waals surface area contributed by atoms with Gasteiger partial charge in [-0.1, -0.05) is 28.1 Å². The van der Waals surface area contributed by atoms with Crippen molar-refractivity contribution in [2.75, 3.05) is 18.4 Å². The molecule has 3 rings (SSSR count). The Bertz CT molecular complexity index is 907. The van der Waals surface area contributed by atoms with E-state index in [9.17, 15) is 18.4 Å². The molecule has 1 saturated heterocycles. The van der Waals surface area contributed by atoms with Crippen molar-refractivity contribution in [3.63, 3.8) is 0 Å². The summed E-state index contributed by atoms with van der Waals surface area (Å²) < 4.78 is 27.6. The third kappa shape index (κ3) is 5.32. The minimum atomic E-state index is -0.756. The molecule has 154 valence electrons. The van der Waals surface area contributed by atoms with Gasteiger partial charge in [0.25, 0.3) is 0 Å². The maximum atomic E-state index is 14.0. The van der Waals surface area contributed by atoms with E-state index in [2.05, 4.69) is 26.6 Å². The van der Waals surface area contributed by atoms with Crippen LogP contribution in [0.15, 0.2) is 46.9 Å². The summed E-state index contributed by atoms with van der Waals surface area (Å²) in [6.07, 6.45) is 1.30.